The van der Waals surface area contributed by atoms with Crippen LogP contribution in [0.15, 0.2) is 72.9 Å². The van der Waals surface area contributed by atoms with Crippen molar-refractivity contribution in [2.75, 3.05) is 6.54 Å². The number of fused-ring (bicyclic) bond motifs is 1. The summed E-state index contributed by atoms with van der Waals surface area (Å²) in [4.78, 5) is 14.4. The first-order valence-corrected chi connectivity index (χ1v) is 10.6. The summed E-state index contributed by atoms with van der Waals surface area (Å²) in [7, 11) is 0. The lowest BCUT2D eigenvalue weighted by molar-refractivity contribution is 0.0980. The summed E-state index contributed by atoms with van der Waals surface area (Å²) in [6, 6.07) is 22.3. The number of aromatic nitrogens is 1. The minimum atomic E-state index is -0.178. The van der Waals surface area contributed by atoms with Gasteiger partial charge in [-0.05, 0) is 54.9 Å². The van der Waals surface area contributed by atoms with Crippen LogP contribution in [-0.2, 0) is 6.42 Å². The minimum Gasteiger partial charge on any atom is -0.362 e. The fourth-order valence-electron chi connectivity index (χ4n) is 3.23. The maximum absolute atomic E-state index is 12.7. The first-order chi connectivity index (χ1) is 14.1. The zero-order chi connectivity index (χ0) is 20.2. The quantitative estimate of drug-likeness (QED) is 0.455. The molecule has 2 aromatic heterocycles. The molecule has 0 saturated carbocycles. The molecule has 0 aliphatic carbocycles. The van der Waals surface area contributed by atoms with Crippen molar-refractivity contribution in [1.29, 1.82) is 0 Å². The van der Waals surface area contributed by atoms with E-state index in [1.807, 2.05) is 42.5 Å². The third kappa shape index (κ3) is 4.39. The van der Waals surface area contributed by atoms with Gasteiger partial charge in [0, 0.05) is 23.8 Å². The maximum Gasteiger partial charge on any atom is 0.267 e. The van der Waals surface area contributed by atoms with Gasteiger partial charge in [-0.3, -0.25) is 10.1 Å². The van der Waals surface area contributed by atoms with Crippen LogP contribution < -0.4 is 10.6 Å². The van der Waals surface area contributed by atoms with E-state index in [1.165, 1.54) is 16.9 Å². The van der Waals surface area contributed by atoms with Crippen molar-refractivity contribution in [3.05, 3.63) is 88.9 Å². The van der Waals surface area contributed by atoms with Crippen LogP contribution in [0.2, 0.25) is 0 Å². The molecule has 6 heteroatoms. The van der Waals surface area contributed by atoms with Crippen molar-refractivity contribution in [1.82, 2.24) is 15.2 Å². The van der Waals surface area contributed by atoms with Gasteiger partial charge in [-0.1, -0.05) is 48.5 Å². The number of hydrogen-bond donors (Lipinski definition) is 2. The monoisotopic (exact) mass is 419 g/mol. The maximum atomic E-state index is 12.7. The van der Waals surface area contributed by atoms with Gasteiger partial charge in [-0.15, -0.1) is 11.3 Å². The summed E-state index contributed by atoms with van der Waals surface area (Å²) in [6.45, 7) is 2.74. The molecule has 0 radical (unpaired) electrons. The molecule has 0 unspecified atom stereocenters. The van der Waals surface area contributed by atoms with Gasteiger partial charge >= 0.3 is 0 Å². The Morgan fingerprint density at radius 2 is 1.76 bits per heavy atom. The first kappa shape index (κ1) is 19.4. The third-order valence-electron chi connectivity index (χ3n) is 4.71. The van der Waals surface area contributed by atoms with Gasteiger partial charge in [0.1, 0.15) is 4.83 Å². The normalized spacial score (nSPS) is 10.8. The van der Waals surface area contributed by atoms with E-state index in [0.717, 1.165) is 27.9 Å². The smallest absolute Gasteiger partial charge is 0.267 e. The van der Waals surface area contributed by atoms with Gasteiger partial charge in [0.25, 0.3) is 5.91 Å². The van der Waals surface area contributed by atoms with Crippen molar-refractivity contribution < 1.29 is 4.79 Å². The molecule has 0 bridgehead atoms. The van der Waals surface area contributed by atoms with Gasteiger partial charge in [-0.25, -0.2) is 0 Å². The molecular formula is C23H21N3OS2. The standard InChI is InChI=1S/C23H21N3OS2/c1-16-15-26(18-10-6-3-7-11-18)22-19(16)14-20(29-22)21(27)25-23(28)24-13-12-17-8-4-2-5-9-17/h2-11,14-15H,12-13H2,1H3,(H2,24,25,27,28). The number of hydrogen-bond acceptors (Lipinski definition) is 3. The lowest BCUT2D eigenvalue weighted by Crippen LogP contribution is -2.39. The number of amides is 1. The Hall–Kier alpha value is -2.96. The Morgan fingerprint density at radius 3 is 2.48 bits per heavy atom. The highest BCUT2D eigenvalue weighted by Gasteiger charge is 2.16. The molecule has 2 heterocycles. The summed E-state index contributed by atoms with van der Waals surface area (Å²) in [6.07, 6.45) is 2.95. The van der Waals surface area contributed by atoms with Gasteiger partial charge in [0.15, 0.2) is 5.11 Å². The van der Waals surface area contributed by atoms with Gasteiger partial charge in [0.05, 0.1) is 4.88 Å². The fourth-order valence-corrected chi connectivity index (χ4v) is 4.54. The minimum absolute atomic E-state index is 0.178. The van der Waals surface area contributed by atoms with Crippen LogP contribution in [0.25, 0.3) is 15.9 Å². The number of thiophene rings is 1. The summed E-state index contributed by atoms with van der Waals surface area (Å²) < 4.78 is 2.13. The molecule has 4 aromatic rings. The van der Waals surface area contributed by atoms with E-state index in [2.05, 4.69) is 52.6 Å². The van der Waals surface area contributed by atoms with E-state index in [1.54, 1.807) is 0 Å². The van der Waals surface area contributed by atoms with Crippen molar-refractivity contribution in [2.45, 2.75) is 13.3 Å². The van der Waals surface area contributed by atoms with E-state index in [4.69, 9.17) is 12.2 Å². The molecule has 0 atom stereocenters. The predicted octanol–water partition coefficient (Wildman–Crippen LogP) is 4.85. The van der Waals surface area contributed by atoms with Crippen LogP contribution >= 0.6 is 23.6 Å². The Labute approximate surface area is 179 Å². The van der Waals surface area contributed by atoms with Crippen LogP contribution in [0.1, 0.15) is 20.8 Å². The van der Waals surface area contributed by atoms with Gasteiger partial charge in [-0.2, -0.15) is 0 Å². The molecule has 146 valence electrons. The number of benzene rings is 2. The van der Waals surface area contributed by atoms with Crippen molar-refractivity contribution in [3.63, 3.8) is 0 Å². The largest absolute Gasteiger partial charge is 0.362 e. The molecular weight excluding hydrogens is 398 g/mol. The average molecular weight is 420 g/mol. The van der Waals surface area contributed by atoms with Gasteiger partial charge in [0.2, 0.25) is 0 Å². The van der Waals surface area contributed by atoms with E-state index in [-0.39, 0.29) is 5.91 Å². The van der Waals surface area contributed by atoms with Crippen LogP contribution in [0.4, 0.5) is 0 Å². The number of rotatable bonds is 5. The SMILES string of the molecule is Cc1cn(-c2ccccc2)c2sc(C(=O)NC(=S)NCCc3ccccc3)cc12. The van der Waals surface area contributed by atoms with Crippen LogP contribution in [0.5, 0.6) is 0 Å². The fraction of sp³-hybridized carbons (Fsp3) is 0.130. The molecule has 2 N–H and O–H groups in total. The highest BCUT2D eigenvalue weighted by molar-refractivity contribution is 7.80. The van der Waals surface area contributed by atoms with Gasteiger partial charge < -0.3 is 9.88 Å². The molecule has 4 nitrogen and oxygen atoms in total. The van der Waals surface area contributed by atoms with Crippen LogP contribution in [0, 0.1) is 6.92 Å². The summed E-state index contributed by atoms with van der Waals surface area (Å²) in [5.74, 6) is -0.178. The number of carbonyl (C=O) groups is 1. The highest BCUT2D eigenvalue weighted by atomic mass is 32.1. The second-order valence-electron chi connectivity index (χ2n) is 6.79. The number of nitrogens with one attached hydrogen (secondary N) is 2. The second kappa shape index (κ2) is 8.59. The Kier molecular flexibility index (Phi) is 5.74. The van der Waals surface area contributed by atoms with Crippen LogP contribution in [0.3, 0.4) is 0 Å². The molecule has 4 rings (SSSR count). The average Bonchev–Trinajstić information content (AvgIpc) is 3.30. The molecule has 0 spiro atoms. The van der Waals surface area contributed by atoms with Crippen molar-refractivity contribution in [3.8, 4) is 5.69 Å². The van der Waals surface area contributed by atoms with Crippen LogP contribution in [-0.4, -0.2) is 22.1 Å². The molecule has 29 heavy (non-hydrogen) atoms. The molecule has 0 aliphatic heterocycles. The number of aryl methyl sites for hydroxylation is 1. The second-order valence-corrected chi connectivity index (χ2v) is 8.23. The van der Waals surface area contributed by atoms with E-state index in [0.29, 0.717) is 16.5 Å². The summed E-state index contributed by atoms with van der Waals surface area (Å²) in [5.41, 5.74) is 3.45. The highest BCUT2D eigenvalue weighted by Crippen LogP contribution is 2.32. The van der Waals surface area contributed by atoms with E-state index >= 15 is 0 Å². The molecule has 0 fully saturated rings. The number of para-hydroxylation sites is 1. The zero-order valence-corrected chi connectivity index (χ0v) is 17.6. The van der Waals surface area contributed by atoms with E-state index in [9.17, 15) is 4.79 Å². The Morgan fingerprint density at radius 1 is 1.07 bits per heavy atom. The zero-order valence-electron chi connectivity index (χ0n) is 16.0. The number of thiocarbonyl (C=S) groups is 1. The topological polar surface area (TPSA) is 46.1 Å². The summed E-state index contributed by atoms with van der Waals surface area (Å²) >= 11 is 6.76. The van der Waals surface area contributed by atoms with Crippen molar-refractivity contribution >= 4 is 44.8 Å². The molecule has 2 aromatic carbocycles. The first-order valence-electron chi connectivity index (χ1n) is 9.42. The molecule has 0 aliphatic rings. The van der Waals surface area contributed by atoms with Crippen molar-refractivity contribution in [2.24, 2.45) is 0 Å². The third-order valence-corrected chi connectivity index (χ3v) is 6.09. The lowest BCUT2D eigenvalue weighted by atomic mass is 10.1. The molecule has 1 amide bonds. The lowest BCUT2D eigenvalue weighted by Gasteiger charge is -2.08. The number of nitrogens with zero attached hydrogens (tertiary/aromatic N) is 1. The number of carbonyl (C=O) groups excluding carboxylic acids is 1. The Bertz CT molecular complexity index is 1150. The van der Waals surface area contributed by atoms with E-state index < -0.39 is 0 Å². The summed E-state index contributed by atoms with van der Waals surface area (Å²) in [5, 5.41) is 7.34. The Balaban J connectivity index is 1.43. The molecule has 0 saturated heterocycles. The predicted molar refractivity (Wildman–Crippen MR) is 124 cm³/mol.